The summed E-state index contributed by atoms with van der Waals surface area (Å²) in [7, 11) is 0. The van der Waals surface area contributed by atoms with Gasteiger partial charge in [-0.25, -0.2) is 0 Å². The Bertz CT molecular complexity index is 2200. The highest BCUT2D eigenvalue weighted by Crippen LogP contribution is 2.45. The second-order valence-electron chi connectivity index (χ2n) is 10.5. The summed E-state index contributed by atoms with van der Waals surface area (Å²) in [6.07, 6.45) is 0. The van der Waals surface area contributed by atoms with Gasteiger partial charge in [0.25, 0.3) is 6.71 Å². The minimum Gasteiger partial charge on any atom is -0.448 e. The van der Waals surface area contributed by atoms with Crippen LogP contribution < -0.4 is 25.9 Å². The number of thiophene rings is 2. The standard InChI is InChI=1S/C34H18BNO2S2/c1-5-13-24-20(9-1)21-10-2-6-14-25(21)36(24)19-17-26-32-27(18-19)38-34-31(23-12-4-8-16-29(23)40-34)35(32)30-22-11-3-7-15-28(22)39-33(30)37-26/h1-18H. The van der Waals surface area contributed by atoms with Crippen LogP contribution in [0.2, 0.25) is 0 Å². The van der Waals surface area contributed by atoms with Crippen LogP contribution in [-0.4, -0.2) is 11.3 Å². The topological polar surface area (TPSA) is 23.4 Å². The molecule has 0 spiro atoms. The number of benzene rings is 5. The van der Waals surface area contributed by atoms with Crippen molar-refractivity contribution < 1.29 is 9.47 Å². The van der Waals surface area contributed by atoms with Crippen molar-refractivity contribution in [1.29, 1.82) is 0 Å². The van der Waals surface area contributed by atoms with E-state index in [2.05, 4.69) is 114 Å². The van der Waals surface area contributed by atoms with E-state index in [-0.39, 0.29) is 6.71 Å². The molecule has 3 aromatic heterocycles. The Labute approximate surface area is 237 Å². The lowest BCUT2D eigenvalue weighted by molar-refractivity contribution is 0.478. The molecule has 186 valence electrons. The van der Waals surface area contributed by atoms with Crippen LogP contribution in [0.1, 0.15) is 0 Å². The Balaban J connectivity index is 1.31. The SMILES string of the molecule is c1ccc2c3c(sc2c1)Oc1cc(-n2c4ccccc4c4ccccc42)cc2c1B3c1c(sc3ccccc13)O2. The van der Waals surface area contributed by atoms with Gasteiger partial charge in [-0.2, -0.15) is 0 Å². The monoisotopic (exact) mass is 547 g/mol. The molecule has 2 aliphatic heterocycles. The smallest absolute Gasteiger partial charge is 0.264 e. The number of ether oxygens (including phenoxy) is 2. The number of hydrogen-bond acceptors (Lipinski definition) is 4. The summed E-state index contributed by atoms with van der Waals surface area (Å²) >= 11 is 3.47. The lowest BCUT2D eigenvalue weighted by Crippen LogP contribution is -2.56. The van der Waals surface area contributed by atoms with Crippen LogP contribution in [0.25, 0.3) is 47.7 Å². The summed E-state index contributed by atoms with van der Waals surface area (Å²) in [5, 5.41) is 6.96. The first-order valence-electron chi connectivity index (χ1n) is 13.4. The van der Waals surface area contributed by atoms with E-state index in [1.807, 2.05) is 0 Å². The number of para-hydroxylation sites is 2. The number of aromatic nitrogens is 1. The maximum atomic E-state index is 6.80. The predicted octanol–water partition coefficient (Wildman–Crippen LogP) is 7.94. The van der Waals surface area contributed by atoms with Crippen molar-refractivity contribution in [2.45, 2.75) is 0 Å². The molecule has 8 aromatic rings. The summed E-state index contributed by atoms with van der Waals surface area (Å²) in [6.45, 7) is 0.0528. The van der Waals surface area contributed by atoms with E-state index in [4.69, 9.17) is 9.47 Å². The molecule has 0 unspecified atom stereocenters. The maximum absolute atomic E-state index is 6.80. The van der Waals surface area contributed by atoms with Crippen LogP contribution in [0.4, 0.5) is 0 Å². The van der Waals surface area contributed by atoms with Gasteiger partial charge >= 0.3 is 0 Å². The average molecular weight is 547 g/mol. The van der Waals surface area contributed by atoms with Crippen molar-refractivity contribution in [3.05, 3.63) is 109 Å². The van der Waals surface area contributed by atoms with Gasteiger partial charge in [0.1, 0.15) is 11.5 Å². The molecule has 3 nitrogen and oxygen atoms in total. The van der Waals surface area contributed by atoms with Gasteiger partial charge in [0, 0.05) is 37.8 Å². The van der Waals surface area contributed by atoms with Gasteiger partial charge in [-0.05, 0) is 46.0 Å². The number of hydrogen-bond donors (Lipinski definition) is 0. The Morgan fingerprint density at radius 1 is 0.500 bits per heavy atom. The summed E-state index contributed by atoms with van der Waals surface area (Å²) < 4.78 is 18.4. The lowest BCUT2D eigenvalue weighted by Gasteiger charge is -2.31. The zero-order chi connectivity index (χ0) is 25.9. The van der Waals surface area contributed by atoms with Crippen molar-refractivity contribution in [2.75, 3.05) is 0 Å². The van der Waals surface area contributed by atoms with E-state index in [0.29, 0.717) is 0 Å². The van der Waals surface area contributed by atoms with Crippen molar-refractivity contribution in [3.63, 3.8) is 0 Å². The molecule has 2 aliphatic rings. The largest absolute Gasteiger partial charge is 0.448 e. The van der Waals surface area contributed by atoms with Crippen molar-refractivity contribution in [2.24, 2.45) is 0 Å². The van der Waals surface area contributed by atoms with Gasteiger partial charge in [-0.3, -0.25) is 0 Å². The Hall–Kier alpha value is -4.52. The van der Waals surface area contributed by atoms with Crippen LogP contribution in [0.5, 0.6) is 21.6 Å². The molecule has 5 aromatic carbocycles. The van der Waals surface area contributed by atoms with Crippen molar-refractivity contribution in [1.82, 2.24) is 4.57 Å². The molecule has 0 bridgehead atoms. The number of fused-ring (bicyclic) bond motifs is 11. The molecular formula is C34H18BNO2S2. The molecule has 0 radical (unpaired) electrons. The summed E-state index contributed by atoms with van der Waals surface area (Å²) in [5.74, 6) is 1.75. The van der Waals surface area contributed by atoms with Gasteiger partial charge in [-0.15, -0.1) is 0 Å². The Kier molecular flexibility index (Phi) is 4.03. The first kappa shape index (κ1) is 21.3. The third-order valence-corrected chi connectivity index (χ3v) is 10.5. The van der Waals surface area contributed by atoms with Gasteiger partial charge in [0.05, 0.1) is 16.7 Å². The van der Waals surface area contributed by atoms with E-state index in [1.165, 1.54) is 52.9 Å². The van der Waals surface area contributed by atoms with Crippen LogP contribution in [0.3, 0.4) is 0 Å². The predicted molar refractivity (Wildman–Crippen MR) is 169 cm³/mol. The maximum Gasteiger partial charge on any atom is 0.264 e. The van der Waals surface area contributed by atoms with E-state index in [1.54, 1.807) is 22.7 Å². The molecule has 0 saturated heterocycles. The van der Waals surface area contributed by atoms with Crippen LogP contribution in [0, 0.1) is 0 Å². The van der Waals surface area contributed by atoms with Crippen molar-refractivity contribution in [3.8, 4) is 27.3 Å². The van der Waals surface area contributed by atoms with E-state index in [9.17, 15) is 0 Å². The molecular weight excluding hydrogens is 529 g/mol. The quantitative estimate of drug-likeness (QED) is 0.195. The molecule has 5 heterocycles. The molecule has 10 rings (SSSR count). The zero-order valence-electron chi connectivity index (χ0n) is 21.0. The molecule has 0 amide bonds. The summed E-state index contributed by atoms with van der Waals surface area (Å²) in [5.41, 5.74) is 7.02. The Morgan fingerprint density at radius 3 is 1.48 bits per heavy atom. The first-order chi connectivity index (χ1) is 19.8. The lowest BCUT2D eigenvalue weighted by atomic mass is 9.35. The first-order valence-corrected chi connectivity index (χ1v) is 15.0. The number of rotatable bonds is 1. The Morgan fingerprint density at radius 2 is 0.950 bits per heavy atom. The van der Waals surface area contributed by atoms with Gasteiger partial charge in [0.2, 0.25) is 0 Å². The molecule has 0 fully saturated rings. The highest BCUT2D eigenvalue weighted by atomic mass is 32.1. The average Bonchev–Trinajstić information content (AvgIpc) is 3.66. The minimum absolute atomic E-state index is 0.0528. The minimum atomic E-state index is 0.0528. The molecule has 0 saturated carbocycles. The fourth-order valence-electron chi connectivity index (χ4n) is 6.79. The molecule has 0 atom stereocenters. The molecule has 0 N–H and O–H groups in total. The molecule has 40 heavy (non-hydrogen) atoms. The van der Waals surface area contributed by atoms with Gasteiger partial charge in [0.15, 0.2) is 10.1 Å². The zero-order valence-corrected chi connectivity index (χ0v) is 22.7. The highest BCUT2D eigenvalue weighted by molar-refractivity contribution is 7.26. The third kappa shape index (κ3) is 2.65. The third-order valence-electron chi connectivity index (χ3n) is 8.40. The fourth-order valence-corrected chi connectivity index (χ4v) is 8.99. The van der Waals surface area contributed by atoms with Gasteiger partial charge in [-0.1, -0.05) is 95.5 Å². The normalized spacial score (nSPS) is 13.3. The van der Waals surface area contributed by atoms with Gasteiger partial charge < -0.3 is 14.0 Å². The molecule has 6 heteroatoms. The van der Waals surface area contributed by atoms with Crippen LogP contribution >= 0.6 is 22.7 Å². The van der Waals surface area contributed by atoms with Crippen molar-refractivity contribution >= 4 is 87.8 Å². The van der Waals surface area contributed by atoms with E-state index < -0.39 is 0 Å². The van der Waals surface area contributed by atoms with Crippen LogP contribution in [-0.2, 0) is 0 Å². The summed E-state index contributed by atoms with van der Waals surface area (Å²) in [6, 6.07) is 39.0. The van der Waals surface area contributed by atoms with Crippen LogP contribution in [0.15, 0.2) is 109 Å². The number of nitrogens with zero attached hydrogens (tertiary/aromatic N) is 1. The fraction of sp³-hybridized carbons (Fsp3) is 0. The summed E-state index contributed by atoms with van der Waals surface area (Å²) in [4.78, 5) is 0. The van der Waals surface area contributed by atoms with E-state index in [0.717, 1.165) is 32.8 Å². The second kappa shape index (κ2) is 7.57. The highest BCUT2D eigenvalue weighted by Gasteiger charge is 2.44. The second-order valence-corrected chi connectivity index (χ2v) is 12.5. The molecule has 0 aliphatic carbocycles. The van der Waals surface area contributed by atoms with E-state index >= 15 is 0 Å².